The molecule has 2 aliphatic carbocycles. The molecule has 1 N–H and O–H groups in total. The lowest BCUT2D eigenvalue weighted by Gasteiger charge is -2.37. The summed E-state index contributed by atoms with van der Waals surface area (Å²) in [6.45, 7) is 21.3. The van der Waals surface area contributed by atoms with E-state index in [0.29, 0.717) is 30.3 Å². The van der Waals surface area contributed by atoms with Crippen molar-refractivity contribution in [2.24, 2.45) is 34.5 Å². The molecule has 4 fully saturated rings. The summed E-state index contributed by atoms with van der Waals surface area (Å²) in [6, 6.07) is 20.7. The van der Waals surface area contributed by atoms with Crippen LogP contribution in [0.1, 0.15) is 137 Å². The van der Waals surface area contributed by atoms with E-state index in [1.165, 1.54) is 42.2 Å². The van der Waals surface area contributed by atoms with Crippen LogP contribution in [0.15, 0.2) is 60.7 Å². The molecule has 10 heteroatoms. The fraction of sp³-hybridized carbons (Fsp3) is 0.607. The third-order valence-electron chi connectivity index (χ3n) is 15.4. The maximum absolute atomic E-state index is 12.2. The number of fused-ring (bicyclic) bond motifs is 2. The Morgan fingerprint density at radius 1 is 0.576 bits per heavy atom. The first-order chi connectivity index (χ1) is 31.5. The van der Waals surface area contributed by atoms with E-state index in [1.54, 1.807) is 0 Å². The highest BCUT2D eigenvalue weighted by molar-refractivity contribution is 6.36. The number of esters is 1. The minimum absolute atomic E-state index is 0.0203. The van der Waals surface area contributed by atoms with Crippen molar-refractivity contribution in [3.05, 3.63) is 81.8 Å². The molecule has 360 valence electrons. The number of carboxylic acid groups (broad SMARTS) is 1. The summed E-state index contributed by atoms with van der Waals surface area (Å²) >= 11 is 13.4. The van der Waals surface area contributed by atoms with Gasteiger partial charge in [-0.15, -0.1) is 0 Å². The number of carboxylic acids is 1. The largest absolute Gasteiger partial charge is 0.490 e. The van der Waals surface area contributed by atoms with Crippen molar-refractivity contribution in [3.63, 3.8) is 0 Å². The Kier molecular flexibility index (Phi) is 17.0. The van der Waals surface area contributed by atoms with Crippen molar-refractivity contribution < 1.29 is 28.9 Å². The fourth-order valence-corrected chi connectivity index (χ4v) is 11.6. The summed E-state index contributed by atoms with van der Waals surface area (Å²) in [5.41, 5.74) is 3.10. The van der Waals surface area contributed by atoms with E-state index >= 15 is 0 Å². The summed E-state index contributed by atoms with van der Waals surface area (Å²) in [7, 11) is 0. The number of hydrogen-bond donors (Lipinski definition) is 1. The van der Waals surface area contributed by atoms with Gasteiger partial charge in [0.1, 0.15) is 11.5 Å². The molecule has 8 nitrogen and oxygen atoms in total. The Labute approximate surface area is 405 Å². The first kappa shape index (κ1) is 50.3. The van der Waals surface area contributed by atoms with Crippen LogP contribution >= 0.6 is 23.2 Å². The Hall–Kier alpha value is -3.56. The molecule has 0 amide bonds. The van der Waals surface area contributed by atoms with Gasteiger partial charge in [-0.3, -0.25) is 19.4 Å². The molecule has 2 aliphatic heterocycles. The lowest BCUT2D eigenvalue weighted by molar-refractivity contribution is -0.149. The number of benzene rings is 4. The molecule has 2 saturated heterocycles. The summed E-state index contributed by atoms with van der Waals surface area (Å²) in [5.74, 6) is 2.41. The van der Waals surface area contributed by atoms with Crippen LogP contribution in [0.2, 0.25) is 10.0 Å². The smallest absolute Gasteiger partial charge is 0.309 e. The molecule has 0 radical (unpaired) electrons. The van der Waals surface area contributed by atoms with Crippen molar-refractivity contribution in [1.29, 1.82) is 0 Å². The molecule has 2 saturated carbocycles. The molecule has 0 spiro atoms. The van der Waals surface area contributed by atoms with E-state index in [0.717, 1.165) is 127 Å². The van der Waals surface area contributed by atoms with Crippen LogP contribution in [-0.2, 0) is 27.4 Å². The van der Waals surface area contributed by atoms with E-state index < -0.39 is 5.97 Å². The predicted octanol–water partition coefficient (Wildman–Crippen LogP) is 14.0. The van der Waals surface area contributed by atoms with Crippen LogP contribution in [-0.4, -0.2) is 71.8 Å². The van der Waals surface area contributed by atoms with Gasteiger partial charge in [-0.05, 0) is 156 Å². The molecule has 66 heavy (non-hydrogen) atoms. The first-order valence-electron chi connectivity index (χ1n) is 25.1. The van der Waals surface area contributed by atoms with Gasteiger partial charge in [0.2, 0.25) is 0 Å². The van der Waals surface area contributed by atoms with Gasteiger partial charge in [0.25, 0.3) is 0 Å². The molecular weight excluding hydrogens is 868 g/mol. The number of piperidine rings is 2. The Morgan fingerprint density at radius 3 is 1.29 bits per heavy atom. The second-order valence-corrected chi connectivity index (χ2v) is 22.7. The molecule has 4 aliphatic rings. The minimum atomic E-state index is -0.670. The minimum Gasteiger partial charge on any atom is -0.490 e. The third-order valence-corrected chi connectivity index (χ3v) is 16.0. The number of carbonyl (C=O) groups is 2. The molecule has 2 heterocycles. The number of likely N-dealkylation sites (tertiary alicyclic amines) is 2. The van der Waals surface area contributed by atoms with Gasteiger partial charge in [-0.2, -0.15) is 0 Å². The van der Waals surface area contributed by atoms with Gasteiger partial charge in [0.05, 0.1) is 40.7 Å². The van der Waals surface area contributed by atoms with Crippen LogP contribution in [0, 0.1) is 34.5 Å². The van der Waals surface area contributed by atoms with Gasteiger partial charge in [-0.1, -0.05) is 113 Å². The van der Waals surface area contributed by atoms with Crippen molar-refractivity contribution in [1.82, 2.24) is 9.80 Å². The highest BCUT2D eigenvalue weighted by atomic mass is 35.5. The van der Waals surface area contributed by atoms with Crippen molar-refractivity contribution >= 4 is 56.7 Å². The molecule has 0 unspecified atom stereocenters. The lowest BCUT2D eigenvalue weighted by atomic mass is 9.72. The molecule has 4 aromatic carbocycles. The highest BCUT2D eigenvalue weighted by Gasteiger charge is 2.34. The Morgan fingerprint density at radius 2 is 0.939 bits per heavy atom. The van der Waals surface area contributed by atoms with Gasteiger partial charge in [0, 0.05) is 35.0 Å². The molecule has 4 aromatic rings. The highest BCUT2D eigenvalue weighted by Crippen LogP contribution is 2.43. The van der Waals surface area contributed by atoms with E-state index in [2.05, 4.69) is 87.7 Å². The normalized spacial score (nSPS) is 23.0. The Bertz CT molecular complexity index is 2250. The molecule has 8 rings (SSSR count). The number of halogens is 2. The molecule has 0 atom stereocenters. The number of carbonyl (C=O) groups excluding carboxylic acids is 1. The second-order valence-electron chi connectivity index (χ2n) is 21.9. The SMILES string of the molecule is CC(C)(C)C1CCC(Oc2cc(Cl)c3ccccc3c2CN2CCC(C(=O)O)CC2)CC1.CCOC(=O)C1CCN(Cc2c(OC3CCC(C(C)(C)C)CC3)cc(Cl)c3ccccc23)CC1. The fourth-order valence-electron chi connectivity index (χ4n) is 11.1. The van der Waals surface area contributed by atoms with Gasteiger partial charge >= 0.3 is 11.9 Å². The number of hydrogen-bond acceptors (Lipinski definition) is 7. The topological polar surface area (TPSA) is 88.5 Å². The Balaban J connectivity index is 0.000000197. The maximum atomic E-state index is 12.2. The predicted molar refractivity (Wildman–Crippen MR) is 270 cm³/mol. The van der Waals surface area contributed by atoms with E-state index in [9.17, 15) is 14.7 Å². The van der Waals surface area contributed by atoms with Crippen molar-refractivity contribution in [2.45, 2.75) is 151 Å². The number of ether oxygens (including phenoxy) is 3. The molecular formula is C56H76Cl2N2O6. The number of aliphatic carboxylic acids is 1. The summed E-state index contributed by atoms with van der Waals surface area (Å²) in [6.07, 6.45) is 12.7. The second kappa shape index (κ2) is 22.2. The van der Waals surface area contributed by atoms with Crippen LogP contribution in [0.3, 0.4) is 0 Å². The molecule has 0 aromatic heterocycles. The average molecular weight is 944 g/mol. The van der Waals surface area contributed by atoms with Gasteiger partial charge in [0.15, 0.2) is 0 Å². The average Bonchev–Trinajstić information content (AvgIpc) is 3.29. The van der Waals surface area contributed by atoms with Crippen LogP contribution in [0.25, 0.3) is 21.5 Å². The summed E-state index contributed by atoms with van der Waals surface area (Å²) < 4.78 is 18.6. The van der Waals surface area contributed by atoms with Crippen LogP contribution < -0.4 is 9.47 Å². The molecule has 0 bridgehead atoms. The first-order valence-corrected chi connectivity index (χ1v) is 25.8. The quantitative estimate of drug-likeness (QED) is 0.149. The van der Waals surface area contributed by atoms with Gasteiger partial charge in [-0.25, -0.2) is 0 Å². The maximum Gasteiger partial charge on any atom is 0.309 e. The summed E-state index contributed by atoms with van der Waals surface area (Å²) in [5, 5.41) is 15.2. The number of nitrogens with zero attached hydrogens (tertiary/aromatic N) is 2. The zero-order chi connectivity index (χ0) is 47.2. The van der Waals surface area contributed by atoms with Crippen LogP contribution in [0.4, 0.5) is 0 Å². The van der Waals surface area contributed by atoms with Crippen molar-refractivity contribution in [2.75, 3.05) is 32.8 Å². The van der Waals surface area contributed by atoms with E-state index in [-0.39, 0.29) is 30.0 Å². The van der Waals surface area contributed by atoms with E-state index in [1.807, 2.05) is 31.2 Å². The number of rotatable bonds is 11. The third kappa shape index (κ3) is 12.7. The van der Waals surface area contributed by atoms with Crippen molar-refractivity contribution in [3.8, 4) is 11.5 Å². The monoisotopic (exact) mass is 943 g/mol. The standard InChI is InChI=1S/C29H40ClNO3.C27H36ClNO3/c1-5-33-28(32)20-14-16-31(17-15-20)19-25-23-8-6-7-9-24(23)26(30)18-27(25)34-22-12-10-21(11-13-22)29(2,3)4;1-27(2,3)19-8-10-20(11-9-19)32-25-16-24(28)22-7-5-4-6-21(22)23(25)17-29-14-12-18(13-15-29)26(30)31/h6-9,18,20-22H,5,10-17,19H2,1-4H3;4-7,16,18-20H,8-15,17H2,1-3H3,(H,30,31). The van der Waals surface area contributed by atoms with Gasteiger partial charge < -0.3 is 19.3 Å². The van der Waals surface area contributed by atoms with Crippen LogP contribution in [0.5, 0.6) is 11.5 Å². The van der Waals surface area contributed by atoms with E-state index in [4.69, 9.17) is 37.4 Å². The lowest BCUT2D eigenvalue weighted by Crippen LogP contribution is -2.36. The zero-order valence-electron chi connectivity index (χ0n) is 40.8. The summed E-state index contributed by atoms with van der Waals surface area (Å²) in [4.78, 5) is 28.3. The zero-order valence-corrected chi connectivity index (χ0v) is 42.3.